The molecule has 0 aliphatic carbocycles. The van der Waals surface area contributed by atoms with E-state index in [2.05, 4.69) is 24.9 Å². The summed E-state index contributed by atoms with van der Waals surface area (Å²) in [5.41, 5.74) is 1.69. The lowest BCUT2D eigenvalue weighted by molar-refractivity contribution is 0.194. The molecule has 0 aliphatic heterocycles. The van der Waals surface area contributed by atoms with E-state index in [-0.39, 0.29) is 5.25 Å². The Kier molecular flexibility index (Phi) is 8.44. The Labute approximate surface area is 214 Å². The van der Waals surface area contributed by atoms with E-state index < -0.39 is 0 Å². The molecule has 0 bridgehead atoms. The normalized spacial score (nSPS) is 11.9. The molecule has 0 amide bonds. The summed E-state index contributed by atoms with van der Waals surface area (Å²) in [7, 11) is 4.92. The lowest BCUT2D eigenvalue weighted by atomic mass is 10.2. The minimum atomic E-state index is 0.117. The van der Waals surface area contributed by atoms with Gasteiger partial charge in [0.25, 0.3) is 0 Å². The molecule has 1 aromatic carbocycles. The van der Waals surface area contributed by atoms with Crippen LogP contribution in [0.1, 0.15) is 23.6 Å². The summed E-state index contributed by atoms with van der Waals surface area (Å²) in [6, 6.07) is 9.35. The van der Waals surface area contributed by atoms with Crippen LogP contribution in [-0.2, 0) is 11.2 Å². The van der Waals surface area contributed by atoms with Crippen molar-refractivity contribution in [1.82, 2.24) is 24.7 Å². The van der Waals surface area contributed by atoms with Gasteiger partial charge in [-0.25, -0.2) is 9.97 Å². The number of hydrogen-bond acceptors (Lipinski definition) is 10. The lowest BCUT2D eigenvalue weighted by Crippen LogP contribution is -2.16. The third-order valence-corrected chi connectivity index (χ3v) is 6.49. The first-order chi connectivity index (χ1) is 17.5. The van der Waals surface area contributed by atoms with Gasteiger partial charge in [0.15, 0.2) is 5.76 Å². The number of nitrogens with one attached hydrogen (secondary N) is 1. The Bertz CT molecular complexity index is 1250. The number of benzene rings is 1. The number of para-hydroxylation sites is 1. The highest BCUT2D eigenvalue weighted by Gasteiger charge is 2.25. The third kappa shape index (κ3) is 5.80. The van der Waals surface area contributed by atoms with Crippen LogP contribution in [0.25, 0.3) is 17.3 Å². The van der Waals surface area contributed by atoms with E-state index in [1.54, 1.807) is 21.3 Å². The smallest absolute Gasteiger partial charge is 0.239 e. The highest BCUT2D eigenvalue weighted by molar-refractivity contribution is 8.01. The van der Waals surface area contributed by atoms with E-state index >= 15 is 0 Å². The van der Waals surface area contributed by atoms with Crippen LogP contribution in [0.4, 0.5) is 5.95 Å². The first kappa shape index (κ1) is 25.5. The fraction of sp³-hybridized carbons (Fsp3) is 0.360. The van der Waals surface area contributed by atoms with Crippen molar-refractivity contribution in [3.8, 4) is 28.8 Å². The summed E-state index contributed by atoms with van der Waals surface area (Å²) >= 11 is 1.52. The standard InChI is InChI=1S/C25H30N6O4S/c1-16-14-26-22(27-15-16)13-18(11-12-32-3)36-30-25-29-28-24(21-10-9-17(2)35-21)31(25)23-19(33-4)7-6-8-20(23)34-5/h6-10,14-15,18H,11-13H2,1-5H3,(H,29,30). The van der Waals surface area contributed by atoms with Gasteiger partial charge in [0.1, 0.15) is 28.8 Å². The topological polar surface area (TPSA) is 109 Å². The number of ether oxygens (including phenoxy) is 3. The van der Waals surface area contributed by atoms with Crippen LogP contribution in [0.2, 0.25) is 0 Å². The summed E-state index contributed by atoms with van der Waals surface area (Å²) in [5, 5.41) is 9.01. The van der Waals surface area contributed by atoms with Gasteiger partial charge in [-0.1, -0.05) is 6.07 Å². The van der Waals surface area contributed by atoms with Crippen LogP contribution in [0, 0.1) is 13.8 Å². The Hall–Kier alpha value is -3.57. The van der Waals surface area contributed by atoms with Gasteiger partial charge in [-0.2, -0.15) is 0 Å². The maximum atomic E-state index is 5.89. The average molecular weight is 511 g/mol. The first-order valence-corrected chi connectivity index (χ1v) is 12.3. The third-order valence-electron chi connectivity index (χ3n) is 5.45. The largest absolute Gasteiger partial charge is 0.494 e. The molecule has 36 heavy (non-hydrogen) atoms. The summed E-state index contributed by atoms with van der Waals surface area (Å²) < 4.78 is 27.8. The van der Waals surface area contributed by atoms with Crippen LogP contribution >= 0.6 is 11.9 Å². The molecule has 4 rings (SSSR count). The average Bonchev–Trinajstić information content (AvgIpc) is 3.52. The Morgan fingerprint density at radius 1 is 1.00 bits per heavy atom. The number of furan rings is 1. The zero-order chi connectivity index (χ0) is 25.5. The highest BCUT2D eigenvalue weighted by Crippen LogP contribution is 2.38. The number of aromatic nitrogens is 5. The Morgan fingerprint density at radius 3 is 2.33 bits per heavy atom. The first-order valence-electron chi connectivity index (χ1n) is 11.5. The number of nitrogens with zero attached hydrogens (tertiary/aromatic N) is 5. The molecule has 11 heteroatoms. The van der Waals surface area contributed by atoms with E-state index in [4.69, 9.17) is 18.6 Å². The van der Waals surface area contributed by atoms with Gasteiger partial charge >= 0.3 is 0 Å². The fourth-order valence-corrected chi connectivity index (χ4v) is 4.50. The molecule has 10 nitrogen and oxygen atoms in total. The second-order valence-corrected chi connectivity index (χ2v) is 9.21. The van der Waals surface area contributed by atoms with Crippen molar-refractivity contribution in [2.24, 2.45) is 0 Å². The minimum absolute atomic E-state index is 0.117. The molecule has 0 saturated heterocycles. The zero-order valence-electron chi connectivity index (χ0n) is 21.0. The maximum Gasteiger partial charge on any atom is 0.239 e. The lowest BCUT2D eigenvalue weighted by Gasteiger charge is -2.19. The van der Waals surface area contributed by atoms with E-state index in [0.717, 1.165) is 23.6 Å². The number of rotatable bonds is 12. The molecule has 4 aromatic rings. The van der Waals surface area contributed by atoms with Gasteiger partial charge in [-0.05, 0) is 62.0 Å². The second kappa shape index (κ2) is 11.9. The molecule has 0 spiro atoms. The van der Waals surface area contributed by atoms with Crippen LogP contribution in [0.3, 0.4) is 0 Å². The summed E-state index contributed by atoms with van der Waals surface area (Å²) in [4.78, 5) is 8.93. The van der Waals surface area contributed by atoms with E-state index in [0.29, 0.717) is 47.7 Å². The zero-order valence-corrected chi connectivity index (χ0v) is 21.8. The fourth-order valence-electron chi connectivity index (χ4n) is 3.64. The van der Waals surface area contributed by atoms with Crippen molar-refractivity contribution in [3.63, 3.8) is 0 Å². The van der Waals surface area contributed by atoms with Crippen molar-refractivity contribution < 1.29 is 18.6 Å². The molecule has 1 atom stereocenters. The minimum Gasteiger partial charge on any atom is -0.494 e. The predicted molar refractivity (Wildman–Crippen MR) is 139 cm³/mol. The van der Waals surface area contributed by atoms with Crippen LogP contribution < -0.4 is 14.2 Å². The van der Waals surface area contributed by atoms with Gasteiger partial charge in [-0.3, -0.25) is 9.29 Å². The van der Waals surface area contributed by atoms with Crippen molar-refractivity contribution in [1.29, 1.82) is 0 Å². The number of methoxy groups -OCH3 is 3. The van der Waals surface area contributed by atoms with Crippen LogP contribution in [-0.4, -0.2) is 57.9 Å². The monoisotopic (exact) mass is 510 g/mol. The summed E-state index contributed by atoms with van der Waals surface area (Å²) in [6.45, 7) is 4.46. The molecule has 0 saturated carbocycles. The van der Waals surface area contributed by atoms with Gasteiger partial charge in [0, 0.05) is 37.8 Å². The van der Waals surface area contributed by atoms with E-state index in [1.165, 1.54) is 11.9 Å². The van der Waals surface area contributed by atoms with Crippen molar-refractivity contribution in [2.75, 3.05) is 32.7 Å². The second-order valence-electron chi connectivity index (χ2n) is 8.11. The summed E-state index contributed by atoms with van der Waals surface area (Å²) in [6.07, 6.45) is 5.12. The number of anilines is 1. The maximum absolute atomic E-state index is 5.89. The molecule has 1 N–H and O–H groups in total. The Morgan fingerprint density at radius 2 is 1.72 bits per heavy atom. The predicted octanol–water partition coefficient (Wildman–Crippen LogP) is 4.66. The van der Waals surface area contributed by atoms with Crippen molar-refractivity contribution in [2.45, 2.75) is 31.9 Å². The molecule has 1 unspecified atom stereocenters. The van der Waals surface area contributed by atoms with E-state index in [9.17, 15) is 0 Å². The molecule has 0 fully saturated rings. The van der Waals surface area contributed by atoms with Crippen molar-refractivity contribution in [3.05, 3.63) is 59.9 Å². The molecule has 3 aromatic heterocycles. The molecular formula is C25H30N6O4S. The summed E-state index contributed by atoms with van der Waals surface area (Å²) in [5.74, 6) is 4.36. The van der Waals surface area contributed by atoms with Gasteiger partial charge in [0.2, 0.25) is 11.8 Å². The van der Waals surface area contributed by atoms with Crippen LogP contribution in [0.5, 0.6) is 11.5 Å². The van der Waals surface area contributed by atoms with Crippen molar-refractivity contribution >= 4 is 17.9 Å². The van der Waals surface area contributed by atoms with Gasteiger partial charge < -0.3 is 18.6 Å². The number of hydrogen-bond donors (Lipinski definition) is 1. The molecule has 3 heterocycles. The Balaban J connectivity index is 1.69. The molecule has 0 radical (unpaired) electrons. The van der Waals surface area contributed by atoms with Gasteiger partial charge in [0.05, 0.1) is 14.2 Å². The van der Waals surface area contributed by atoms with E-state index in [1.807, 2.05) is 61.1 Å². The molecular weight excluding hydrogens is 480 g/mol. The highest BCUT2D eigenvalue weighted by atomic mass is 32.2. The number of aryl methyl sites for hydroxylation is 2. The van der Waals surface area contributed by atoms with Gasteiger partial charge in [-0.15, -0.1) is 10.2 Å². The molecule has 190 valence electrons. The SMILES string of the molecule is COCCC(Cc1ncc(C)cn1)SNc1nnc(-c2ccc(C)o2)n1-c1c(OC)cccc1OC. The van der Waals surface area contributed by atoms with Crippen LogP contribution in [0.15, 0.2) is 47.1 Å². The quantitative estimate of drug-likeness (QED) is 0.270. The molecule has 0 aliphatic rings.